The minimum absolute atomic E-state index is 0.0179. The van der Waals surface area contributed by atoms with Crippen LogP contribution in [0.15, 0.2) is 34.3 Å². The fourth-order valence-corrected chi connectivity index (χ4v) is 2.17. The third-order valence-corrected chi connectivity index (χ3v) is 3.18. The molecule has 0 saturated carbocycles. The lowest BCUT2D eigenvalue weighted by molar-refractivity contribution is -0.125. The number of rotatable bonds is 4. The molecule has 0 spiro atoms. The monoisotopic (exact) mass is 253 g/mol. The summed E-state index contributed by atoms with van der Waals surface area (Å²) in [5, 5.41) is 11.6. The van der Waals surface area contributed by atoms with Crippen molar-refractivity contribution in [2.24, 2.45) is 10.9 Å². The number of amides is 1. The molecule has 1 aromatic rings. The lowest BCUT2D eigenvalue weighted by Gasteiger charge is -2.11. The third kappa shape index (κ3) is 3.67. The van der Waals surface area contributed by atoms with Crippen molar-refractivity contribution in [2.75, 3.05) is 19.8 Å². The maximum atomic E-state index is 11.5. The van der Waals surface area contributed by atoms with Crippen LogP contribution < -0.4 is 5.73 Å². The molecule has 0 radical (unpaired) electrons. The molecular weight excluding hydrogens is 238 g/mol. The van der Waals surface area contributed by atoms with Crippen molar-refractivity contribution in [2.45, 2.75) is 4.90 Å². The van der Waals surface area contributed by atoms with Gasteiger partial charge in [-0.15, -0.1) is 11.8 Å². The predicted molar refractivity (Wildman–Crippen MR) is 68.4 cm³/mol. The van der Waals surface area contributed by atoms with Crippen LogP contribution in [0, 0.1) is 0 Å². The molecule has 3 N–H and O–H groups in total. The van der Waals surface area contributed by atoms with Gasteiger partial charge in [-0.05, 0) is 6.07 Å². The molecule has 0 atom stereocenters. The second-order valence-corrected chi connectivity index (χ2v) is 4.58. The standard InChI is InChI=1S/C11H15N3O2S/c1-14(2)10(15)7-17-9-6-4-3-5-8(9)11(12)13-16/h3-6,16H,7H2,1-2H3,(H2,12,13). The van der Waals surface area contributed by atoms with Gasteiger partial charge in [-0.3, -0.25) is 4.79 Å². The summed E-state index contributed by atoms with van der Waals surface area (Å²) < 4.78 is 0. The van der Waals surface area contributed by atoms with Gasteiger partial charge in [0.25, 0.3) is 0 Å². The highest BCUT2D eigenvalue weighted by Crippen LogP contribution is 2.22. The first kappa shape index (κ1) is 13.4. The van der Waals surface area contributed by atoms with Crippen LogP contribution in [0.2, 0.25) is 0 Å². The average molecular weight is 253 g/mol. The van der Waals surface area contributed by atoms with Gasteiger partial charge in [0, 0.05) is 24.6 Å². The number of oxime groups is 1. The SMILES string of the molecule is CN(C)C(=O)CSc1ccccc1/C(N)=N/O. The van der Waals surface area contributed by atoms with Crippen LogP contribution in [-0.2, 0) is 4.79 Å². The van der Waals surface area contributed by atoms with E-state index < -0.39 is 0 Å². The van der Waals surface area contributed by atoms with E-state index >= 15 is 0 Å². The molecule has 17 heavy (non-hydrogen) atoms. The number of hydrogen-bond acceptors (Lipinski definition) is 4. The molecule has 0 heterocycles. The predicted octanol–water partition coefficient (Wildman–Crippen LogP) is 0.961. The lowest BCUT2D eigenvalue weighted by atomic mass is 10.2. The summed E-state index contributed by atoms with van der Waals surface area (Å²) in [6, 6.07) is 7.22. The first-order valence-electron chi connectivity index (χ1n) is 4.96. The topological polar surface area (TPSA) is 78.9 Å². The number of nitrogens with two attached hydrogens (primary N) is 1. The largest absolute Gasteiger partial charge is 0.409 e. The highest BCUT2D eigenvalue weighted by molar-refractivity contribution is 8.00. The van der Waals surface area contributed by atoms with E-state index in [2.05, 4.69) is 5.16 Å². The molecule has 0 aliphatic rings. The molecule has 0 aliphatic heterocycles. The van der Waals surface area contributed by atoms with E-state index in [0.29, 0.717) is 11.3 Å². The average Bonchev–Trinajstić information content (AvgIpc) is 2.35. The van der Waals surface area contributed by atoms with Crippen molar-refractivity contribution in [3.63, 3.8) is 0 Å². The van der Waals surface area contributed by atoms with Crippen LogP contribution in [0.4, 0.5) is 0 Å². The molecule has 5 nitrogen and oxygen atoms in total. The highest BCUT2D eigenvalue weighted by Gasteiger charge is 2.10. The number of nitrogens with zero attached hydrogens (tertiary/aromatic N) is 2. The summed E-state index contributed by atoms with van der Waals surface area (Å²) in [4.78, 5) is 13.8. The minimum atomic E-state index is 0.0179. The molecule has 0 fully saturated rings. The third-order valence-electron chi connectivity index (χ3n) is 2.12. The van der Waals surface area contributed by atoms with Crippen LogP contribution in [0.1, 0.15) is 5.56 Å². The molecule has 0 aromatic heterocycles. The minimum Gasteiger partial charge on any atom is -0.409 e. The van der Waals surface area contributed by atoms with E-state index in [1.54, 1.807) is 26.2 Å². The molecule has 6 heteroatoms. The van der Waals surface area contributed by atoms with Gasteiger partial charge < -0.3 is 15.8 Å². The second-order valence-electron chi connectivity index (χ2n) is 3.56. The van der Waals surface area contributed by atoms with Gasteiger partial charge in [0.05, 0.1) is 5.75 Å². The molecule has 1 rings (SSSR count). The van der Waals surface area contributed by atoms with Crippen LogP contribution in [-0.4, -0.2) is 41.7 Å². The summed E-state index contributed by atoms with van der Waals surface area (Å²) in [6.07, 6.45) is 0. The van der Waals surface area contributed by atoms with Crippen LogP contribution in [0.25, 0.3) is 0 Å². The first-order valence-corrected chi connectivity index (χ1v) is 5.94. The van der Waals surface area contributed by atoms with E-state index in [4.69, 9.17) is 10.9 Å². The quantitative estimate of drug-likeness (QED) is 0.275. The molecule has 0 bridgehead atoms. The van der Waals surface area contributed by atoms with E-state index in [1.807, 2.05) is 12.1 Å². The Morgan fingerprint density at radius 2 is 2.12 bits per heavy atom. The molecule has 1 amide bonds. The van der Waals surface area contributed by atoms with E-state index in [-0.39, 0.29) is 11.7 Å². The van der Waals surface area contributed by atoms with Crippen LogP contribution >= 0.6 is 11.8 Å². The van der Waals surface area contributed by atoms with Gasteiger partial charge in [-0.25, -0.2) is 0 Å². The van der Waals surface area contributed by atoms with Crippen molar-refractivity contribution in [1.29, 1.82) is 0 Å². The molecular formula is C11H15N3O2S. The van der Waals surface area contributed by atoms with Crippen molar-refractivity contribution < 1.29 is 10.0 Å². The van der Waals surface area contributed by atoms with E-state index in [0.717, 1.165) is 4.90 Å². The van der Waals surface area contributed by atoms with Crippen molar-refractivity contribution in [1.82, 2.24) is 4.90 Å². The summed E-state index contributed by atoms with van der Waals surface area (Å²) in [7, 11) is 3.41. The summed E-state index contributed by atoms with van der Waals surface area (Å²) in [5.41, 5.74) is 6.18. The molecule has 1 aromatic carbocycles. The lowest BCUT2D eigenvalue weighted by Crippen LogP contribution is -2.23. The number of benzene rings is 1. The summed E-state index contributed by atoms with van der Waals surface area (Å²) in [5.74, 6) is 0.387. The summed E-state index contributed by atoms with van der Waals surface area (Å²) in [6.45, 7) is 0. The maximum absolute atomic E-state index is 11.5. The molecule has 92 valence electrons. The Bertz CT molecular complexity index is 432. The van der Waals surface area contributed by atoms with E-state index in [9.17, 15) is 4.79 Å². The summed E-state index contributed by atoms with van der Waals surface area (Å²) >= 11 is 1.36. The fourth-order valence-electron chi connectivity index (χ4n) is 1.13. The van der Waals surface area contributed by atoms with Gasteiger partial charge in [0.1, 0.15) is 0 Å². The second kappa shape index (κ2) is 6.15. The highest BCUT2D eigenvalue weighted by atomic mass is 32.2. The number of carbonyl (C=O) groups excluding carboxylic acids is 1. The Kier molecular flexibility index (Phi) is 4.84. The Labute approximate surface area is 104 Å². The zero-order valence-corrected chi connectivity index (χ0v) is 10.6. The first-order chi connectivity index (χ1) is 8.06. The molecule has 0 saturated heterocycles. The van der Waals surface area contributed by atoms with Gasteiger partial charge in [-0.2, -0.15) is 0 Å². The van der Waals surface area contributed by atoms with Gasteiger partial charge in [-0.1, -0.05) is 23.4 Å². The number of hydrogen-bond donors (Lipinski definition) is 2. The number of carbonyl (C=O) groups is 1. The van der Waals surface area contributed by atoms with Gasteiger partial charge in [0.15, 0.2) is 5.84 Å². The van der Waals surface area contributed by atoms with Crippen LogP contribution in [0.5, 0.6) is 0 Å². The zero-order valence-electron chi connectivity index (χ0n) is 9.75. The fraction of sp³-hybridized carbons (Fsp3) is 0.273. The number of thioether (sulfide) groups is 1. The van der Waals surface area contributed by atoms with Gasteiger partial charge in [0.2, 0.25) is 5.91 Å². The Morgan fingerprint density at radius 1 is 1.47 bits per heavy atom. The zero-order chi connectivity index (χ0) is 12.8. The Balaban J connectivity index is 2.81. The van der Waals surface area contributed by atoms with Crippen molar-refractivity contribution >= 4 is 23.5 Å². The Morgan fingerprint density at radius 3 is 2.71 bits per heavy atom. The van der Waals surface area contributed by atoms with Crippen molar-refractivity contribution in [3.05, 3.63) is 29.8 Å². The van der Waals surface area contributed by atoms with E-state index in [1.165, 1.54) is 16.7 Å². The molecule has 0 aliphatic carbocycles. The molecule has 0 unspecified atom stereocenters. The maximum Gasteiger partial charge on any atom is 0.232 e. The van der Waals surface area contributed by atoms with Crippen molar-refractivity contribution in [3.8, 4) is 0 Å². The normalized spacial score (nSPS) is 11.3. The Hall–Kier alpha value is -1.69. The number of amidine groups is 1. The van der Waals surface area contributed by atoms with Gasteiger partial charge >= 0.3 is 0 Å². The van der Waals surface area contributed by atoms with Crippen LogP contribution in [0.3, 0.4) is 0 Å². The smallest absolute Gasteiger partial charge is 0.232 e.